The van der Waals surface area contributed by atoms with Crippen LogP contribution in [0.4, 0.5) is 11.8 Å². The average molecular weight is 502 g/mol. The summed E-state index contributed by atoms with van der Waals surface area (Å²) in [6, 6.07) is 10.8. The molecular formula is C27H35N9O. The summed E-state index contributed by atoms with van der Waals surface area (Å²) in [5.41, 5.74) is 5.97. The smallest absolute Gasteiger partial charge is 0.239 e. The van der Waals surface area contributed by atoms with E-state index in [1.54, 1.807) is 0 Å². The molecule has 2 saturated heterocycles. The maximum atomic E-state index is 5.73. The second-order valence-corrected chi connectivity index (χ2v) is 10.0. The first kappa shape index (κ1) is 23.9. The quantitative estimate of drug-likeness (QED) is 0.429. The van der Waals surface area contributed by atoms with E-state index >= 15 is 0 Å². The van der Waals surface area contributed by atoms with E-state index in [0.717, 1.165) is 72.0 Å². The molecule has 0 unspecified atom stereocenters. The number of aromatic nitrogens is 6. The zero-order valence-corrected chi connectivity index (χ0v) is 22.0. The molecule has 1 atom stereocenters. The molecule has 37 heavy (non-hydrogen) atoms. The van der Waals surface area contributed by atoms with Crippen molar-refractivity contribution in [1.29, 1.82) is 0 Å². The van der Waals surface area contributed by atoms with Crippen molar-refractivity contribution in [2.24, 2.45) is 0 Å². The molecule has 0 saturated carbocycles. The van der Waals surface area contributed by atoms with Gasteiger partial charge in [0.25, 0.3) is 0 Å². The fourth-order valence-corrected chi connectivity index (χ4v) is 5.70. The highest BCUT2D eigenvalue weighted by molar-refractivity contribution is 5.81. The predicted molar refractivity (Wildman–Crippen MR) is 146 cm³/mol. The van der Waals surface area contributed by atoms with Gasteiger partial charge in [-0.2, -0.15) is 10.1 Å². The maximum absolute atomic E-state index is 5.73. The van der Waals surface area contributed by atoms with Crippen LogP contribution in [0.25, 0.3) is 28.2 Å². The number of para-hydroxylation sites is 2. The van der Waals surface area contributed by atoms with Crippen LogP contribution in [0.3, 0.4) is 0 Å². The molecule has 0 aliphatic carbocycles. The molecule has 2 fully saturated rings. The third-order valence-electron chi connectivity index (χ3n) is 7.58. The minimum absolute atomic E-state index is 0.215. The van der Waals surface area contributed by atoms with Gasteiger partial charge in [-0.25, -0.2) is 14.5 Å². The number of fused-ring (bicyclic) bond motifs is 1. The highest BCUT2D eigenvalue weighted by atomic mass is 16.5. The van der Waals surface area contributed by atoms with Crippen molar-refractivity contribution in [2.45, 2.75) is 45.7 Å². The van der Waals surface area contributed by atoms with Crippen LogP contribution in [0.5, 0.6) is 0 Å². The van der Waals surface area contributed by atoms with E-state index in [4.69, 9.17) is 24.8 Å². The molecule has 0 bridgehead atoms. The molecule has 2 aliphatic rings. The topological polar surface area (TPSA) is 98.0 Å². The lowest BCUT2D eigenvalue weighted by Gasteiger charge is -2.34. The van der Waals surface area contributed by atoms with Gasteiger partial charge in [0.05, 0.1) is 47.7 Å². The fraction of sp³-hybridized carbons (Fsp3) is 0.481. The first-order valence-electron chi connectivity index (χ1n) is 13.2. The lowest BCUT2D eigenvalue weighted by atomic mass is 10.1. The highest BCUT2D eigenvalue weighted by Crippen LogP contribution is 2.33. The number of morpholine rings is 1. The minimum Gasteiger partial charge on any atom is -0.377 e. The first-order chi connectivity index (χ1) is 18.0. The molecule has 6 rings (SSSR count). The number of hydrogen-bond acceptors (Lipinski definition) is 8. The van der Waals surface area contributed by atoms with Crippen molar-refractivity contribution in [2.75, 3.05) is 50.1 Å². The second kappa shape index (κ2) is 9.75. The van der Waals surface area contributed by atoms with E-state index in [2.05, 4.69) is 53.1 Å². The van der Waals surface area contributed by atoms with Crippen LogP contribution in [-0.4, -0.2) is 75.2 Å². The lowest BCUT2D eigenvalue weighted by Crippen LogP contribution is -2.44. The molecule has 0 amide bonds. The van der Waals surface area contributed by atoms with Crippen molar-refractivity contribution in [1.82, 2.24) is 34.6 Å². The van der Waals surface area contributed by atoms with Crippen LogP contribution in [0.15, 0.2) is 30.3 Å². The molecule has 1 aromatic carbocycles. The summed E-state index contributed by atoms with van der Waals surface area (Å²) >= 11 is 0. The van der Waals surface area contributed by atoms with Crippen molar-refractivity contribution in [3.8, 4) is 17.2 Å². The van der Waals surface area contributed by atoms with Crippen LogP contribution in [0.2, 0.25) is 0 Å². The first-order valence-corrected chi connectivity index (χ1v) is 13.2. The molecule has 10 nitrogen and oxygen atoms in total. The van der Waals surface area contributed by atoms with Crippen LogP contribution >= 0.6 is 0 Å². The van der Waals surface area contributed by atoms with Gasteiger partial charge in [-0.3, -0.25) is 4.68 Å². The third kappa shape index (κ3) is 4.23. The van der Waals surface area contributed by atoms with Gasteiger partial charge in [0.15, 0.2) is 0 Å². The van der Waals surface area contributed by atoms with Crippen LogP contribution < -0.4 is 15.5 Å². The number of benzene rings is 1. The van der Waals surface area contributed by atoms with Gasteiger partial charge in [0.1, 0.15) is 5.82 Å². The Kier molecular flexibility index (Phi) is 6.29. The minimum atomic E-state index is 0.215. The molecule has 2 aliphatic heterocycles. The Morgan fingerprint density at radius 3 is 2.68 bits per heavy atom. The van der Waals surface area contributed by atoms with E-state index in [1.807, 2.05) is 29.8 Å². The molecule has 2 N–H and O–H groups in total. The normalized spacial score (nSPS) is 19.0. The third-order valence-corrected chi connectivity index (χ3v) is 7.58. The number of piperidine rings is 1. The molecule has 10 heteroatoms. The van der Waals surface area contributed by atoms with Gasteiger partial charge in [-0.15, -0.1) is 0 Å². The van der Waals surface area contributed by atoms with Crippen LogP contribution in [0.1, 0.15) is 37.2 Å². The summed E-state index contributed by atoms with van der Waals surface area (Å²) in [6.07, 6.45) is 2.17. The van der Waals surface area contributed by atoms with Gasteiger partial charge < -0.3 is 20.3 Å². The predicted octanol–water partition coefficient (Wildman–Crippen LogP) is 3.49. The van der Waals surface area contributed by atoms with Crippen LogP contribution in [0, 0.1) is 13.8 Å². The summed E-state index contributed by atoms with van der Waals surface area (Å²) in [4.78, 5) is 17.4. The second-order valence-electron chi connectivity index (χ2n) is 10.0. The Labute approximate surface area is 217 Å². The van der Waals surface area contributed by atoms with E-state index in [0.29, 0.717) is 31.2 Å². The Morgan fingerprint density at radius 2 is 1.89 bits per heavy atom. The number of rotatable bonds is 5. The number of anilines is 2. The number of ether oxygens (including phenoxy) is 1. The summed E-state index contributed by atoms with van der Waals surface area (Å²) < 4.78 is 9.95. The molecule has 0 spiro atoms. The summed E-state index contributed by atoms with van der Waals surface area (Å²) in [5.74, 6) is 2.19. The Morgan fingerprint density at radius 1 is 1.08 bits per heavy atom. The average Bonchev–Trinajstić information content (AvgIpc) is 3.45. The molecule has 194 valence electrons. The van der Waals surface area contributed by atoms with E-state index < -0.39 is 0 Å². The molecule has 5 heterocycles. The Hall–Kier alpha value is -3.50. The molecule has 0 radical (unpaired) electrons. The monoisotopic (exact) mass is 501 g/mol. The van der Waals surface area contributed by atoms with Gasteiger partial charge in [0.2, 0.25) is 11.9 Å². The number of nitrogens with zero attached hydrogens (tertiary/aromatic N) is 7. The van der Waals surface area contributed by atoms with Gasteiger partial charge in [0, 0.05) is 30.9 Å². The molecule has 3 aromatic heterocycles. The van der Waals surface area contributed by atoms with Gasteiger partial charge >= 0.3 is 0 Å². The number of aryl methyl sites for hydroxylation is 1. The van der Waals surface area contributed by atoms with E-state index in [1.165, 1.54) is 0 Å². The Balaban J connectivity index is 1.54. The van der Waals surface area contributed by atoms with Crippen molar-refractivity contribution in [3.05, 3.63) is 41.7 Å². The van der Waals surface area contributed by atoms with Crippen LogP contribution in [-0.2, 0) is 4.74 Å². The van der Waals surface area contributed by atoms with E-state index in [-0.39, 0.29) is 6.04 Å². The van der Waals surface area contributed by atoms with Gasteiger partial charge in [-0.05, 0) is 58.8 Å². The number of nitrogens with one attached hydrogen (secondary N) is 2. The standard InChI is InChI=1S/C27H35N9O/c1-17-16-37-14-13-34(17)24-15-22(25-18(2)33-36(19(25)3)20-9-11-29-12-10-20)31-27(32-24)35-23-8-6-5-7-21(23)30-26(35)28-4/h5-8,15,17,20,29H,9-14,16H2,1-4H3,(H,28,30)/t17-/m1/s1. The SMILES string of the molecule is CNc1nc2ccccc2n1-c1nc(-c2c(C)nn(C3CCNCC3)c2C)cc(N2CCOC[C@H]2C)n1. The molecular weight excluding hydrogens is 466 g/mol. The summed E-state index contributed by atoms with van der Waals surface area (Å²) in [5, 5.41) is 11.7. The number of imidazole rings is 1. The lowest BCUT2D eigenvalue weighted by molar-refractivity contribution is 0.0985. The largest absolute Gasteiger partial charge is 0.377 e. The highest BCUT2D eigenvalue weighted by Gasteiger charge is 2.27. The van der Waals surface area contributed by atoms with Crippen molar-refractivity contribution < 1.29 is 4.74 Å². The molecule has 4 aromatic rings. The van der Waals surface area contributed by atoms with Crippen molar-refractivity contribution >= 4 is 22.8 Å². The fourth-order valence-electron chi connectivity index (χ4n) is 5.70. The zero-order valence-electron chi connectivity index (χ0n) is 22.0. The number of hydrogen-bond donors (Lipinski definition) is 2. The van der Waals surface area contributed by atoms with E-state index in [9.17, 15) is 0 Å². The summed E-state index contributed by atoms with van der Waals surface area (Å²) in [7, 11) is 1.88. The van der Waals surface area contributed by atoms with Gasteiger partial charge in [-0.1, -0.05) is 12.1 Å². The maximum Gasteiger partial charge on any atom is 0.239 e. The van der Waals surface area contributed by atoms with Crippen molar-refractivity contribution in [3.63, 3.8) is 0 Å². The zero-order chi connectivity index (χ0) is 25.5. The Bertz CT molecular complexity index is 1420. The summed E-state index contributed by atoms with van der Waals surface area (Å²) in [6.45, 7) is 10.6.